The van der Waals surface area contributed by atoms with Crippen molar-refractivity contribution >= 4 is 5.91 Å². The van der Waals surface area contributed by atoms with Gasteiger partial charge in [-0.1, -0.05) is 0 Å². The van der Waals surface area contributed by atoms with Gasteiger partial charge in [0.15, 0.2) is 0 Å². The summed E-state index contributed by atoms with van der Waals surface area (Å²) in [5.74, 6) is 0.673. The zero-order valence-corrected chi connectivity index (χ0v) is 12.9. The predicted molar refractivity (Wildman–Crippen MR) is 74.9 cm³/mol. The Bertz CT molecular complexity index is 473. The Morgan fingerprint density at radius 3 is 2.75 bits per heavy atom. The molecule has 0 radical (unpaired) electrons. The van der Waals surface area contributed by atoms with E-state index in [1.807, 2.05) is 32.6 Å². The Hall–Kier alpha value is -1.33. The smallest absolute Gasteiger partial charge is 0.257 e. The van der Waals surface area contributed by atoms with Gasteiger partial charge in [-0.3, -0.25) is 4.79 Å². The maximum Gasteiger partial charge on any atom is 0.257 e. The monoisotopic (exact) mass is 281 g/mol. The van der Waals surface area contributed by atoms with Gasteiger partial charge in [-0.15, -0.1) is 0 Å². The average Bonchev–Trinajstić information content (AvgIpc) is 2.66. The van der Waals surface area contributed by atoms with Crippen LogP contribution in [0, 0.1) is 13.8 Å². The summed E-state index contributed by atoms with van der Waals surface area (Å²) < 4.78 is 16.4. The largest absolute Gasteiger partial charge is 0.469 e. The van der Waals surface area contributed by atoms with Gasteiger partial charge < -0.3 is 18.8 Å². The lowest BCUT2D eigenvalue weighted by molar-refractivity contribution is -0.143. The molecule has 1 aromatic rings. The van der Waals surface area contributed by atoms with Crippen molar-refractivity contribution in [3.8, 4) is 0 Å². The van der Waals surface area contributed by atoms with Gasteiger partial charge in [0.2, 0.25) is 0 Å². The van der Waals surface area contributed by atoms with Gasteiger partial charge in [0.05, 0.1) is 30.1 Å². The van der Waals surface area contributed by atoms with Gasteiger partial charge in [-0.05, 0) is 27.7 Å². The van der Waals surface area contributed by atoms with E-state index in [1.165, 1.54) is 0 Å². The molecule has 20 heavy (non-hydrogen) atoms. The quantitative estimate of drug-likeness (QED) is 0.852. The minimum atomic E-state index is -0.372. The van der Waals surface area contributed by atoms with Crippen LogP contribution in [-0.2, 0) is 9.47 Å². The first kappa shape index (κ1) is 15.1. The van der Waals surface area contributed by atoms with Crippen LogP contribution in [0.1, 0.15) is 35.5 Å². The molecule has 2 rings (SSSR count). The van der Waals surface area contributed by atoms with Gasteiger partial charge in [0.1, 0.15) is 5.76 Å². The maximum absolute atomic E-state index is 12.7. The van der Waals surface area contributed by atoms with Gasteiger partial charge in [-0.25, -0.2) is 0 Å². The topological polar surface area (TPSA) is 51.9 Å². The number of carbonyl (C=O) groups excluding carboxylic acids is 1. The first-order valence-corrected chi connectivity index (χ1v) is 6.85. The molecule has 0 aliphatic carbocycles. The summed E-state index contributed by atoms with van der Waals surface area (Å²) in [6.45, 7) is 9.28. The third kappa shape index (κ3) is 3.04. The Labute approximate surface area is 119 Å². The summed E-state index contributed by atoms with van der Waals surface area (Å²) in [4.78, 5) is 14.5. The molecule has 0 unspecified atom stereocenters. The summed E-state index contributed by atoms with van der Waals surface area (Å²) in [7, 11) is 1.64. The number of morpholine rings is 1. The molecule has 112 valence electrons. The van der Waals surface area contributed by atoms with E-state index >= 15 is 0 Å². The molecule has 0 spiro atoms. The number of rotatable bonds is 3. The molecule has 1 aliphatic rings. The van der Waals surface area contributed by atoms with Gasteiger partial charge in [0.25, 0.3) is 5.91 Å². The van der Waals surface area contributed by atoms with Gasteiger partial charge >= 0.3 is 0 Å². The fraction of sp³-hybridized carbons (Fsp3) is 0.667. The number of hydrogen-bond acceptors (Lipinski definition) is 4. The number of furan rings is 1. The molecule has 1 aromatic heterocycles. The highest BCUT2D eigenvalue weighted by Crippen LogP contribution is 2.25. The van der Waals surface area contributed by atoms with E-state index in [1.54, 1.807) is 13.4 Å². The summed E-state index contributed by atoms with van der Waals surface area (Å²) >= 11 is 0. The highest BCUT2D eigenvalue weighted by molar-refractivity contribution is 5.96. The van der Waals surface area contributed by atoms with E-state index in [4.69, 9.17) is 13.9 Å². The van der Waals surface area contributed by atoms with E-state index in [0.717, 1.165) is 5.56 Å². The molecule has 1 saturated heterocycles. The van der Waals surface area contributed by atoms with Crippen molar-refractivity contribution in [1.29, 1.82) is 0 Å². The minimum Gasteiger partial charge on any atom is -0.469 e. The highest BCUT2D eigenvalue weighted by Gasteiger charge is 2.36. The van der Waals surface area contributed by atoms with Crippen LogP contribution < -0.4 is 0 Å². The molecular weight excluding hydrogens is 258 g/mol. The lowest BCUT2D eigenvalue weighted by atomic mass is 10.0. The molecule has 0 saturated carbocycles. The van der Waals surface area contributed by atoms with Gasteiger partial charge in [0, 0.05) is 25.8 Å². The Morgan fingerprint density at radius 1 is 1.50 bits per heavy atom. The summed E-state index contributed by atoms with van der Waals surface area (Å²) in [5, 5.41) is 0. The van der Waals surface area contributed by atoms with Crippen LogP contribution in [0.2, 0.25) is 0 Å². The summed E-state index contributed by atoms with van der Waals surface area (Å²) in [6.07, 6.45) is 1.53. The molecule has 1 atom stereocenters. The van der Waals surface area contributed by atoms with Crippen molar-refractivity contribution in [1.82, 2.24) is 4.90 Å². The number of aryl methyl sites for hydroxylation is 2. The zero-order valence-electron chi connectivity index (χ0n) is 12.9. The minimum absolute atomic E-state index is 0.00577. The second-order valence-corrected chi connectivity index (χ2v) is 5.99. The van der Waals surface area contributed by atoms with E-state index in [9.17, 15) is 4.79 Å². The predicted octanol–water partition coefficient (Wildman–Crippen LogP) is 2.16. The number of hydrogen-bond donors (Lipinski definition) is 0. The number of amides is 1. The molecule has 5 heteroatoms. The SMILES string of the molecule is COC[C@H]1CN(C(=O)c2c(C)coc2C)CC(C)(C)O1. The van der Waals surface area contributed by atoms with Crippen LogP contribution in [0.5, 0.6) is 0 Å². The molecular formula is C15H23NO4. The fourth-order valence-corrected chi connectivity index (χ4v) is 2.77. The number of carbonyl (C=O) groups is 1. The molecule has 5 nitrogen and oxygen atoms in total. The number of ether oxygens (including phenoxy) is 2. The third-order valence-corrected chi connectivity index (χ3v) is 3.49. The van der Waals surface area contributed by atoms with Crippen LogP contribution in [0.3, 0.4) is 0 Å². The molecule has 1 amide bonds. The lowest BCUT2D eigenvalue weighted by Gasteiger charge is -2.42. The van der Waals surface area contributed by atoms with Crippen molar-refractivity contribution in [3.05, 3.63) is 23.2 Å². The number of methoxy groups -OCH3 is 1. The first-order chi connectivity index (χ1) is 9.34. The summed E-state index contributed by atoms with van der Waals surface area (Å²) in [5.41, 5.74) is 1.17. The Balaban J connectivity index is 2.20. The highest BCUT2D eigenvalue weighted by atomic mass is 16.5. The lowest BCUT2D eigenvalue weighted by Crippen LogP contribution is -2.55. The van der Waals surface area contributed by atoms with Crippen LogP contribution in [0.4, 0.5) is 0 Å². The van der Waals surface area contributed by atoms with Gasteiger partial charge in [-0.2, -0.15) is 0 Å². The van der Waals surface area contributed by atoms with E-state index in [0.29, 0.717) is 31.0 Å². The van der Waals surface area contributed by atoms with Crippen molar-refractivity contribution in [2.24, 2.45) is 0 Å². The summed E-state index contributed by atoms with van der Waals surface area (Å²) in [6, 6.07) is 0. The fourth-order valence-electron chi connectivity index (χ4n) is 2.77. The van der Waals surface area contributed by atoms with E-state index in [2.05, 4.69) is 0 Å². The van der Waals surface area contributed by atoms with Crippen LogP contribution in [0.25, 0.3) is 0 Å². The Morgan fingerprint density at radius 2 is 2.20 bits per heavy atom. The molecule has 0 N–H and O–H groups in total. The van der Waals surface area contributed by atoms with E-state index in [-0.39, 0.29) is 17.6 Å². The zero-order chi connectivity index (χ0) is 14.9. The van der Waals surface area contributed by atoms with Crippen molar-refractivity contribution in [3.63, 3.8) is 0 Å². The maximum atomic E-state index is 12.7. The molecule has 1 fully saturated rings. The molecule has 0 bridgehead atoms. The van der Waals surface area contributed by atoms with Crippen LogP contribution >= 0.6 is 0 Å². The molecule has 2 heterocycles. The first-order valence-electron chi connectivity index (χ1n) is 6.85. The third-order valence-electron chi connectivity index (χ3n) is 3.49. The Kier molecular flexibility index (Phi) is 4.20. The van der Waals surface area contributed by atoms with Crippen LogP contribution in [0.15, 0.2) is 10.7 Å². The average molecular weight is 281 g/mol. The second kappa shape index (κ2) is 5.58. The van der Waals surface area contributed by atoms with E-state index < -0.39 is 0 Å². The molecule has 0 aromatic carbocycles. The van der Waals surface area contributed by atoms with Crippen molar-refractivity contribution in [2.45, 2.75) is 39.4 Å². The standard InChI is InChI=1S/C15H23NO4/c1-10-7-19-11(2)13(10)14(17)16-6-12(8-18-5)20-15(3,4)9-16/h7,12H,6,8-9H2,1-5H3/t12-/m1/s1. The van der Waals surface area contributed by atoms with Crippen molar-refractivity contribution < 1.29 is 18.7 Å². The van der Waals surface area contributed by atoms with Crippen LogP contribution in [-0.4, -0.2) is 49.3 Å². The van der Waals surface area contributed by atoms with Crippen molar-refractivity contribution in [2.75, 3.05) is 26.8 Å². The molecule has 1 aliphatic heterocycles. The normalized spacial score (nSPS) is 22.1. The number of nitrogens with zero attached hydrogens (tertiary/aromatic N) is 1. The second-order valence-electron chi connectivity index (χ2n) is 5.99.